The van der Waals surface area contributed by atoms with Crippen LogP contribution in [0.15, 0.2) is 29.6 Å². The third-order valence-electron chi connectivity index (χ3n) is 3.12. The first-order chi connectivity index (χ1) is 8.74. The first-order valence-electron chi connectivity index (χ1n) is 5.81. The van der Waals surface area contributed by atoms with Crippen molar-refractivity contribution in [2.24, 2.45) is 5.73 Å². The Hall–Kier alpha value is -1.46. The van der Waals surface area contributed by atoms with Crippen LogP contribution in [0, 0.1) is 0 Å². The van der Waals surface area contributed by atoms with Gasteiger partial charge in [-0.05, 0) is 35.6 Å². The number of rotatable bonds is 2. The predicted molar refractivity (Wildman–Crippen MR) is 79.2 cm³/mol. The van der Waals surface area contributed by atoms with Crippen LogP contribution < -0.4 is 10.6 Å². The van der Waals surface area contributed by atoms with Gasteiger partial charge in [-0.1, -0.05) is 18.3 Å². The summed E-state index contributed by atoms with van der Waals surface area (Å²) in [5.41, 5.74) is 7.73. The predicted octanol–water partition coefficient (Wildman–Crippen LogP) is 2.34. The van der Waals surface area contributed by atoms with Crippen molar-refractivity contribution < 1.29 is 0 Å². The third-order valence-corrected chi connectivity index (χ3v) is 4.35. The molecule has 0 saturated carbocycles. The molecule has 0 aliphatic carbocycles. The molecular weight excluding hydrogens is 262 g/mol. The van der Waals surface area contributed by atoms with Gasteiger partial charge in [-0.3, -0.25) is 0 Å². The Morgan fingerprint density at radius 1 is 1.39 bits per heavy atom. The summed E-state index contributed by atoms with van der Waals surface area (Å²) in [5.74, 6) is 0.956. The number of thiocarbonyl (C=S) groups is 1. The zero-order valence-electron chi connectivity index (χ0n) is 9.80. The SMILES string of the molecule is NC(=S)c1cccc(N2CCc3sccc3C2)n1. The van der Waals surface area contributed by atoms with Crippen LogP contribution in [-0.2, 0) is 13.0 Å². The summed E-state index contributed by atoms with van der Waals surface area (Å²) < 4.78 is 0. The van der Waals surface area contributed by atoms with E-state index in [4.69, 9.17) is 18.0 Å². The fraction of sp³-hybridized carbons (Fsp3) is 0.231. The van der Waals surface area contributed by atoms with E-state index in [1.54, 1.807) is 0 Å². The number of pyridine rings is 1. The lowest BCUT2D eigenvalue weighted by molar-refractivity contribution is 0.732. The fourth-order valence-electron chi connectivity index (χ4n) is 2.18. The van der Waals surface area contributed by atoms with Gasteiger partial charge in [-0.25, -0.2) is 4.98 Å². The standard InChI is InChI=1S/C13H13N3S2/c14-13(17)10-2-1-3-12(15-10)16-6-4-11-9(8-16)5-7-18-11/h1-3,5,7H,4,6,8H2,(H2,14,17). The highest BCUT2D eigenvalue weighted by atomic mass is 32.1. The van der Waals surface area contributed by atoms with Crippen molar-refractivity contribution in [3.63, 3.8) is 0 Å². The second-order valence-electron chi connectivity index (χ2n) is 4.29. The second-order valence-corrected chi connectivity index (χ2v) is 5.73. The lowest BCUT2D eigenvalue weighted by atomic mass is 10.1. The van der Waals surface area contributed by atoms with Crippen molar-refractivity contribution in [1.82, 2.24) is 4.98 Å². The van der Waals surface area contributed by atoms with Crippen LogP contribution in [0.25, 0.3) is 0 Å². The first-order valence-corrected chi connectivity index (χ1v) is 7.10. The number of aromatic nitrogens is 1. The largest absolute Gasteiger partial charge is 0.388 e. The number of anilines is 1. The van der Waals surface area contributed by atoms with E-state index in [-0.39, 0.29) is 0 Å². The van der Waals surface area contributed by atoms with E-state index in [0.29, 0.717) is 10.7 Å². The molecule has 18 heavy (non-hydrogen) atoms. The first kappa shape index (κ1) is 11.6. The highest BCUT2D eigenvalue weighted by Gasteiger charge is 2.18. The maximum atomic E-state index is 5.62. The van der Waals surface area contributed by atoms with Crippen molar-refractivity contribution >= 4 is 34.4 Å². The third kappa shape index (κ3) is 2.11. The minimum Gasteiger partial charge on any atom is -0.388 e. The lowest BCUT2D eigenvalue weighted by Crippen LogP contribution is -2.30. The smallest absolute Gasteiger partial charge is 0.129 e. The molecule has 2 aromatic rings. The second kappa shape index (κ2) is 4.66. The van der Waals surface area contributed by atoms with E-state index in [1.807, 2.05) is 29.5 Å². The molecule has 1 aliphatic heterocycles. The molecule has 3 heterocycles. The van der Waals surface area contributed by atoms with Gasteiger partial charge in [0, 0.05) is 18.0 Å². The molecule has 1 aliphatic rings. The summed E-state index contributed by atoms with van der Waals surface area (Å²) >= 11 is 6.81. The van der Waals surface area contributed by atoms with Crippen molar-refractivity contribution in [3.05, 3.63) is 45.8 Å². The monoisotopic (exact) mass is 275 g/mol. The molecule has 0 unspecified atom stereocenters. The van der Waals surface area contributed by atoms with Crippen LogP contribution in [0.2, 0.25) is 0 Å². The average Bonchev–Trinajstić information content (AvgIpc) is 2.86. The van der Waals surface area contributed by atoms with Gasteiger partial charge >= 0.3 is 0 Å². The van der Waals surface area contributed by atoms with Crippen molar-refractivity contribution in [3.8, 4) is 0 Å². The zero-order chi connectivity index (χ0) is 12.5. The van der Waals surface area contributed by atoms with Crippen LogP contribution in [0.5, 0.6) is 0 Å². The fourth-order valence-corrected chi connectivity index (χ4v) is 3.18. The van der Waals surface area contributed by atoms with Crippen LogP contribution in [0.4, 0.5) is 5.82 Å². The number of nitrogens with two attached hydrogens (primary N) is 1. The van der Waals surface area contributed by atoms with Gasteiger partial charge in [0.05, 0.1) is 5.69 Å². The zero-order valence-corrected chi connectivity index (χ0v) is 11.4. The van der Waals surface area contributed by atoms with Crippen LogP contribution >= 0.6 is 23.6 Å². The van der Waals surface area contributed by atoms with Crippen molar-refractivity contribution in [2.45, 2.75) is 13.0 Å². The summed E-state index contributed by atoms with van der Waals surface area (Å²) in [4.78, 5) is 8.64. The molecule has 92 valence electrons. The Morgan fingerprint density at radius 3 is 3.11 bits per heavy atom. The maximum absolute atomic E-state index is 5.62. The molecule has 3 nitrogen and oxygen atoms in total. The van der Waals surface area contributed by atoms with Gasteiger partial charge in [0.15, 0.2) is 0 Å². The number of nitrogens with zero attached hydrogens (tertiary/aromatic N) is 2. The van der Waals surface area contributed by atoms with E-state index in [9.17, 15) is 0 Å². The molecule has 2 aromatic heterocycles. The molecular formula is C13H13N3S2. The number of hydrogen-bond acceptors (Lipinski definition) is 4. The molecule has 5 heteroatoms. The Kier molecular flexibility index (Phi) is 3.01. The van der Waals surface area contributed by atoms with Gasteiger partial charge in [-0.2, -0.15) is 0 Å². The van der Waals surface area contributed by atoms with Crippen LogP contribution in [0.3, 0.4) is 0 Å². The van der Waals surface area contributed by atoms with Gasteiger partial charge in [0.25, 0.3) is 0 Å². The van der Waals surface area contributed by atoms with Crippen LogP contribution in [0.1, 0.15) is 16.1 Å². The highest BCUT2D eigenvalue weighted by Crippen LogP contribution is 2.26. The average molecular weight is 275 g/mol. The van der Waals surface area contributed by atoms with Crippen LogP contribution in [-0.4, -0.2) is 16.5 Å². The number of thiophene rings is 1. The summed E-state index contributed by atoms with van der Waals surface area (Å²) in [7, 11) is 0. The molecule has 0 fully saturated rings. The summed E-state index contributed by atoms with van der Waals surface area (Å²) in [5, 5.41) is 2.16. The molecule has 0 amide bonds. The van der Waals surface area contributed by atoms with E-state index < -0.39 is 0 Å². The van der Waals surface area contributed by atoms with E-state index >= 15 is 0 Å². The summed E-state index contributed by atoms with van der Waals surface area (Å²) in [6.45, 7) is 1.92. The topological polar surface area (TPSA) is 42.1 Å². The normalized spacial score (nSPS) is 14.3. The molecule has 0 aromatic carbocycles. The summed E-state index contributed by atoms with van der Waals surface area (Å²) in [6, 6.07) is 8.02. The molecule has 3 rings (SSSR count). The molecule has 0 atom stereocenters. The lowest BCUT2D eigenvalue weighted by Gasteiger charge is -2.28. The van der Waals surface area contributed by atoms with Gasteiger partial charge in [-0.15, -0.1) is 11.3 Å². The Balaban J connectivity index is 1.88. The number of hydrogen-bond donors (Lipinski definition) is 1. The number of fused-ring (bicyclic) bond motifs is 1. The van der Waals surface area contributed by atoms with E-state index in [1.165, 1.54) is 10.4 Å². The Morgan fingerprint density at radius 2 is 2.28 bits per heavy atom. The molecule has 2 N–H and O–H groups in total. The minimum absolute atomic E-state index is 0.352. The minimum atomic E-state index is 0.352. The van der Waals surface area contributed by atoms with E-state index in [0.717, 1.165) is 25.3 Å². The quantitative estimate of drug-likeness (QED) is 0.854. The van der Waals surface area contributed by atoms with Gasteiger partial charge < -0.3 is 10.6 Å². The molecule has 0 saturated heterocycles. The van der Waals surface area contributed by atoms with Gasteiger partial charge in [0.2, 0.25) is 0 Å². The Bertz CT molecular complexity index is 591. The van der Waals surface area contributed by atoms with Crippen molar-refractivity contribution in [2.75, 3.05) is 11.4 Å². The van der Waals surface area contributed by atoms with Crippen molar-refractivity contribution in [1.29, 1.82) is 0 Å². The van der Waals surface area contributed by atoms with Gasteiger partial charge in [0.1, 0.15) is 10.8 Å². The highest BCUT2D eigenvalue weighted by molar-refractivity contribution is 7.80. The maximum Gasteiger partial charge on any atom is 0.129 e. The summed E-state index contributed by atoms with van der Waals surface area (Å²) in [6.07, 6.45) is 1.09. The molecule has 0 radical (unpaired) electrons. The Labute approximate surface area is 115 Å². The molecule has 0 spiro atoms. The molecule has 0 bridgehead atoms. The van der Waals surface area contributed by atoms with E-state index in [2.05, 4.69) is 21.3 Å².